The molecule has 1 aromatic rings. The summed E-state index contributed by atoms with van der Waals surface area (Å²) in [7, 11) is 0. The largest absolute Gasteiger partial charge is 0.481 e. The van der Waals surface area contributed by atoms with Gasteiger partial charge in [0, 0.05) is 6.54 Å². The maximum atomic E-state index is 11.7. The van der Waals surface area contributed by atoms with E-state index < -0.39 is 5.97 Å². The van der Waals surface area contributed by atoms with Gasteiger partial charge in [0.25, 0.3) is 0 Å². The molecule has 1 saturated carbocycles. The maximum absolute atomic E-state index is 11.7. The van der Waals surface area contributed by atoms with E-state index in [4.69, 9.17) is 5.11 Å². The number of nitrogens with one attached hydrogen (secondary N) is 1. The monoisotopic (exact) mass is 271 g/mol. The van der Waals surface area contributed by atoms with E-state index in [0.29, 0.717) is 17.6 Å². The Morgan fingerprint density at radius 1 is 1.61 bits per heavy atom. The van der Waals surface area contributed by atoms with Crippen LogP contribution in [0.1, 0.15) is 26.7 Å². The van der Waals surface area contributed by atoms with Crippen LogP contribution in [0.2, 0.25) is 0 Å². The van der Waals surface area contributed by atoms with Crippen LogP contribution < -0.4 is 5.69 Å². The smallest absolute Gasteiger partial charge is 0.343 e. The number of aromatic nitrogens is 3. The lowest BCUT2D eigenvalue weighted by Gasteiger charge is -2.20. The SMILES string of the molecule is CC(C)C1(Cn2c(SCC(=O)O)n[nH]c2=O)CC1. The van der Waals surface area contributed by atoms with Crippen molar-refractivity contribution in [2.75, 3.05) is 5.75 Å². The minimum Gasteiger partial charge on any atom is -0.481 e. The summed E-state index contributed by atoms with van der Waals surface area (Å²) in [4.78, 5) is 22.2. The standard InChI is InChI=1S/C11H17N3O3S/c1-7(2)11(3-4-11)6-14-9(17)12-13-10(14)18-5-8(15)16/h7H,3-6H2,1-2H3,(H,12,17)(H,15,16). The van der Waals surface area contributed by atoms with E-state index in [1.165, 1.54) is 0 Å². The van der Waals surface area contributed by atoms with E-state index in [-0.39, 0.29) is 16.9 Å². The number of thioether (sulfide) groups is 1. The summed E-state index contributed by atoms with van der Waals surface area (Å²) in [6, 6.07) is 0. The zero-order chi connectivity index (χ0) is 13.3. The molecule has 0 unspecified atom stereocenters. The summed E-state index contributed by atoms with van der Waals surface area (Å²) >= 11 is 1.08. The van der Waals surface area contributed by atoms with Gasteiger partial charge in [0.2, 0.25) is 0 Å². The average molecular weight is 271 g/mol. The highest BCUT2D eigenvalue weighted by atomic mass is 32.2. The van der Waals surface area contributed by atoms with Crippen molar-refractivity contribution in [1.29, 1.82) is 0 Å². The van der Waals surface area contributed by atoms with Crippen molar-refractivity contribution in [3.05, 3.63) is 10.5 Å². The van der Waals surface area contributed by atoms with E-state index in [1.54, 1.807) is 4.57 Å². The fourth-order valence-corrected chi connectivity index (χ4v) is 2.74. The van der Waals surface area contributed by atoms with Gasteiger partial charge < -0.3 is 5.11 Å². The van der Waals surface area contributed by atoms with Crippen LogP contribution in [0, 0.1) is 11.3 Å². The molecule has 0 saturated heterocycles. The average Bonchev–Trinajstić information content (AvgIpc) is 3.00. The van der Waals surface area contributed by atoms with Crippen molar-refractivity contribution < 1.29 is 9.90 Å². The van der Waals surface area contributed by atoms with Crippen molar-refractivity contribution in [1.82, 2.24) is 14.8 Å². The molecular formula is C11H17N3O3S. The van der Waals surface area contributed by atoms with Crippen molar-refractivity contribution >= 4 is 17.7 Å². The molecule has 7 heteroatoms. The van der Waals surface area contributed by atoms with Gasteiger partial charge in [-0.05, 0) is 24.2 Å². The number of aromatic amines is 1. The summed E-state index contributed by atoms with van der Waals surface area (Å²) in [6.45, 7) is 4.94. The molecule has 2 rings (SSSR count). The van der Waals surface area contributed by atoms with E-state index >= 15 is 0 Å². The third-order valence-corrected chi connectivity index (χ3v) is 4.60. The Bertz CT molecular complexity index is 502. The van der Waals surface area contributed by atoms with E-state index in [0.717, 1.165) is 24.6 Å². The summed E-state index contributed by atoms with van der Waals surface area (Å²) in [5.74, 6) is -0.484. The van der Waals surface area contributed by atoms with Gasteiger partial charge >= 0.3 is 11.7 Å². The van der Waals surface area contributed by atoms with Gasteiger partial charge in [-0.15, -0.1) is 5.10 Å². The van der Waals surface area contributed by atoms with Crippen LogP contribution in [0.25, 0.3) is 0 Å². The highest BCUT2D eigenvalue weighted by Crippen LogP contribution is 2.53. The van der Waals surface area contributed by atoms with Crippen LogP contribution in [0.15, 0.2) is 9.95 Å². The molecule has 1 aliphatic rings. The highest BCUT2D eigenvalue weighted by Gasteiger charge is 2.46. The summed E-state index contributed by atoms with van der Waals surface area (Å²) in [6.07, 6.45) is 2.23. The third-order valence-electron chi connectivity index (χ3n) is 3.64. The molecule has 0 atom stereocenters. The highest BCUT2D eigenvalue weighted by molar-refractivity contribution is 7.99. The molecule has 18 heavy (non-hydrogen) atoms. The predicted molar refractivity (Wildman–Crippen MR) is 67.7 cm³/mol. The number of carboxylic acid groups (broad SMARTS) is 1. The second-order valence-corrected chi connectivity index (χ2v) is 6.04. The van der Waals surface area contributed by atoms with Gasteiger partial charge in [0.05, 0.1) is 5.75 Å². The Morgan fingerprint density at radius 3 is 2.78 bits per heavy atom. The first kappa shape index (κ1) is 13.2. The molecule has 0 radical (unpaired) electrons. The van der Waals surface area contributed by atoms with Crippen molar-refractivity contribution in [2.24, 2.45) is 11.3 Å². The lowest BCUT2D eigenvalue weighted by Crippen LogP contribution is -2.26. The first-order valence-electron chi connectivity index (χ1n) is 5.94. The first-order chi connectivity index (χ1) is 8.44. The third kappa shape index (κ3) is 2.60. The summed E-state index contributed by atoms with van der Waals surface area (Å²) < 4.78 is 1.57. The Labute approximate surface area is 109 Å². The van der Waals surface area contributed by atoms with Crippen LogP contribution in [-0.2, 0) is 11.3 Å². The van der Waals surface area contributed by atoms with Gasteiger partial charge in [-0.1, -0.05) is 25.6 Å². The molecule has 6 nitrogen and oxygen atoms in total. The molecule has 0 bridgehead atoms. The molecule has 1 fully saturated rings. The quantitative estimate of drug-likeness (QED) is 0.759. The summed E-state index contributed by atoms with van der Waals surface area (Å²) in [5, 5.41) is 15.4. The fraction of sp³-hybridized carbons (Fsp3) is 0.727. The molecule has 100 valence electrons. The van der Waals surface area contributed by atoms with E-state index in [1.807, 2.05) is 0 Å². The van der Waals surface area contributed by atoms with Crippen molar-refractivity contribution in [2.45, 2.75) is 38.4 Å². The lowest BCUT2D eigenvalue weighted by atomic mass is 9.92. The van der Waals surface area contributed by atoms with Gasteiger partial charge in [-0.2, -0.15) is 0 Å². The van der Waals surface area contributed by atoms with Crippen LogP contribution in [-0.4, -0.2) is 31.6 Å². The minimum absolute atomic E-state index is 0.0844. The van der Waals surface area contributed by atoms with Crippen molar-refractivity contribution in [3.8, 4) is 0 Å². The molecule has 0 spiro atoms. The zero-order valence-corrected chi connectivity index (χ0v) is 11.3. The van der Waals surface area contributed by atoms with Gasteiger partial charge in [-0.3, -0.25) is 9.36 Å². The minimum atomic E-state index is -0.910. The number of aliphatic carboxylic acids is 1. The molecule has 0 aliphatic heterocycles. The predicted octanol–water partition coefficient (Wildman–Crippen LogP) is 1.18. The van der Waals surface area contributed by atoms with Crippen LogP contribution in [0.3, 0.4) is 0 Å². The zero-order valence-electron chi connectivity index (χ0n) is 10.5. The number of hydrogen-bond donors (Lipinski definition) is 2. The second kappa shape index (κ2) is 4.79. The molecule has 0 amide bonds. The Hall–Kier alpha value is -1.24. The molecule has 2 N–H and O–H groups in total. The Balaban J connectivity index is 2.14. The topological polar surface area (TPSA) is 88.0 Å². The van der Waals surface area contributed by atoms with Gasteiger partial charge in [0.15, 0.2) is 5.16 Å². The number of nitrogens with zero attached hydrogens (tertiary/aromatic N) is 2. The lowest BCUT2D eigenvalue weighted by molar-refractivity contribution is -0.133. The van der Waals surface area contributed by atoms with E-state index in [2.05, 4.69) is 24.0 Å². The first-order valence-corrected chi connectivity index (χ1v) is 6.93. The summed E-state index contributed by atoms with van der Waals surface area (Å²) in [5.41, 5.74) is -0.0681. The normalized spacial score (nSPS) is 17.1. The van der Waals surface area contributed by atoms with Crippen LogP contribution in [0.4, 0.5) is 0 Å². The molecule has 0 aromatic carbocycles. The fourth-order valence-electron chi connectivity index (χ4n) is 2.07. The van der Waals surface area contributed by atoms with Gasteiger partial charge in [-0.25, -0.2) is 9.89 Å². The molecular weight excluding hydrogens is 254 g/mol. The second-order valence-electron chi connectivity index (χ2n) is 5.10. The number of hydrogen-bond acceptors (Lipinski definition) is 4. The molecule has 1 heterocycles. The number of rotatable bonds is 6. The Kier molecular flexibility index (Phi) is 3.52. The maximum Gasteiger partial charge on any atom is 0.343 e. The number of carboxylic acids is 1. The molecule has 1 aliphatic carbocycles. The van der Waals surface area contributed by atoms with E-state index in [9.17, 15) is 9.59 Å². The van der Waals surface area contributed by atoms with Gasteiger partial charge in [0.1, 0.15) is 0 Å². The van der Waals surface area contributed by atoms with Crippen LogP contribution in [0.5, 0.6) is 0 Å². The number of carbonyl (C=O) groups is 1. The van der Waals surface area contributed by atoms with Crippen LogP contribution >= 0.6 is 11.8 Å². The Morgan fingerprint density at radius 2 is 2.28 bits per heavy atom. The molecule has 1 aromatic heterocycles. The number of H-pyrrole nitrogens is 1. The van der Waals surface area contributed by atoms with Crippen molar-refractivity contribution in [3.63, 3.8) is 0 Å².